The number of halogens is 1. The molecular weight excluding hydrogens is 288 g/mol. The van der Waals surface area contributed by atoms with E-state index < -0.39 is 0 Å². The summed E-state index contributed by atoms with van der Waals surface area (Å²) in [6, 6.07) is 5.38. The minimum atomic E-state index is 0.00304. The Balaban J connectivity index is 2.44. The van der Waals surface area contributed by atoms with Crippen LogP contribution in [-0.4, -0.2) is 38.1 Å². The van der Waals surface area contributed by atoms with Crippen LogP contribution in [0.25, 0.3) is 0 Å². The summed E-state index contributed by atoms with van der Waals surface area (Å²) in [6.07, 6.45) is 1.09. The Hall–Kier alpha value is -1.26. The van der Waals surface area contributed by atoms with Crippen LogP contribution < -0.4 is 10.1 Å². The van der Waals surface area contributed by atoms with E-state index >= 15 is 0 Å². The van der Waals surface area contributed by atoms with Gasteiger partial charge in [-0.1, -0.05) is 25.4 Å². The summed E-state index contributed by atoms with van der Waals surface area (Å²) in [5.41, 5.74) is 0.878. The normalized spacial score (nSPS) is 11.0. The fraction of sp³-hybridized carbons (Fsp3) is 0.562. The topological polar surface area (TPSA) is 41.6 Å². The lowest BCUT2D eigenvalue weighted by Gasteiger charge is -2.17. The molecule has 0 aliphatic rings. The summed E-state index contributed by atoms with van der Waals surface area (Å²) in [5, 5.41) is 3.53. The van der Waals surface area contributed by atoms with Gasteiger partial charge in [0.05, 0.1) is 13.7 Å². The number of amides is 1. The first-order valence-electron chi connectivity index (χ1n) is 7.20. The Labute approximate surface area is 132 Å². The molecular formula is C16H25ClN2O2. The average molecular weight is 313 g/mol. The second kappa shape index (κ2) is 8.90. The molecule has 0 saturated heterocycles. The highest BCUT2D eigenvalue weighted by atomic mass is 35.5. The van der Waals surface area contributed by atoms with Gasteiger partial charge in [0.15, 0.2) is 0 Å². The average Bonchev–Trinajstić information content (AvgIpc) is 2.43. The molecule has 118 valence electrons. The molecule has 1 aromatic carbocycles. The van der Waals surface area contributed by atoms with Crippen molar-refractivity contribution < 1.29 is 9.53 Å². The third-order valence-corrected chi connectivity index (χ3v) is 3.46. The lowest BCUT2D eigenvalue weighted by Crippen LogP contribution is -2.35. The molecule has 0 bridgehead atoms. The number of carbonyl (C=O) groups excluding carboxylic acids is 1. The molecule has 0 radical (unpaired) electrons. The van der Waals surface area contributed by atoms with E-state index in [-0.39, 0.29) is 5.91 Å². The Bertz CT molecular complexity index is 464. The highest BCUT2D eigenvalue weighted by Gasteiger charge is 2.09. The molecule has 0 aromatic heterocycles. The zero-order valence-corrected chi connectivity index (χ0v) is 14.0. The number of ether oxygens (including phenoxy) is 1. The molecule has 4 nitrogen and oxygen atoms in total. The number of rotatable bonds is 8. The summed E-state index contributed by atoms with van der Waals surface area (Å²) >= 11 is 5.97. The van der Waals surface area contributed by atoms with Gasteiger partial charge in [0.2, 0.25) is 5.91 Å². The summed E-state index contributed by atoms with van der Waals surface area (Å²) in [4.78, 5) is 14.0. The van der Waals surface area contributed by atoms with Crippen LogP contribution >= 0.6 is 11.6 Å². The second-order valence-electron chi connectivity index (χ2n) is 5.65. The van der Waals surface area contributed by atoms with Gasteiger partial charge in [-0.15, -0.1) is 0 Å². The monoisotopic (exact) mass is 312 g/mol. The van der Waals surface area contributed by atoms with Gasteiger partial charge in [-0.25, -0.2) is 0 Å². The molecule has 1 N–H and O–H groups in total. The molecule has 21 heavy (non-hydrogen) atoms. The Morgan fingerprint density at radius 3 is 2.76 bits per heavy atom. The van der Waals surface area contributed by atoms with E-state index in [9.17, 15) is 4.79 Å². The van der Waals surface area contributed by atoms with Crippen LogP contribution in [0.15, 0.2) is 18.2 Å². The predicted molar refractivity (Wildman–Crippen MR) is 86.8 cm³/mol. The van der Waals surface area contributed by atoms with Crippen molar-refractivity contribution in [2.45, 2.75) is 26.8 Å². The van der Waals surface area contributed by atoms with Crippen molar-refractivity contribution in [3.05, 3.63) is 28.8 Å². The Morgan fingerprint density at radius 2 is 2.14 bits per heavy atom. The highest BCUT2D eigenvalue weighted by Crippen LogP contribution is 2.22. The van der Waals surface area contributed by atoms with Crippen LogP contribution in [0.2, 0.25) is 5.02 Å². The van der Waals surface area contributed by atoms with Crippen LogP contribution in [0.4, 0.5) is 0 Å². The van der Waals surface area contributed by atoms with Gasteiger partial charge in [0.1, 0.15) is 5.75 Å². The lowest BCUT2D eigenvalue weighted by atomic mass is 10.1. The molecule has 0 fully saturated rings. The molecule has 1 rings (SSSR count). The maximum absolute atomic E-state index is 11.9. The maximum atomic E-state index is 11.9. The molecule has 1 aromatic rings. The predicted octanol–water partition coefficient (Wildman–Crippen LogP) is 2.94. The zero-order chi connectivity index (χ0) is 15.8. The van der Waals surface area contributed by atoms with E-state index in [2.05, 4.69) is 19.2 Å². The minimum absolute atomic E-state index is 0.00304. The molecule has 0 unspecified atom stereocenters. The third kappa shape index (κ3) is 6.82. The van der Waals surface area contributed by atoms with Crippen molar-refractivity contribution in [2.24, 2.45) is 5.92 Å². The van der Waals surface area contributed by atoms with Gasteiger partial charge in [-0.2, -0.15) is 0 Å². The lowest BCUT2D eigenvalue weighted by molar-refractivity contribution is -0.122. The van der Waals surface area contributed by atoms with Gasteiger partial charge >= 0.3 is 0 Å². The Kier molecular flexibility index (Phi) is 7.54. The molecule has 5 heteroatoms. The first-order chi connectivity index (χ1) is 9.92. The molecule has 1 amide bonds. The van der Waals surface area contributed by atoms with E-state index in [1.165, 1.54) is 0 Å². The van der Waals surface area contributed by atoms with Gasteiger partial charge in [-0.05, 0) is 44.1 Å². The number of likely N-dealkylation sites (N-methyl/N-ethyl adjacent to an activating group) is 1. The maximum Gasteiger partial charge on any atom is 0.234 e. The van der Waals surface area contributed by atoms with Crippen molar-refractivity contribution in [3.8, 4) is 5.75 Å². The van der Waals surface area contributed by atoms with Gasteiger partial charge in [-0.3, -0.25) is 9.69 Å². The summed E-state index contributed by atoms with van der Waals surface area (Å²) in [6.45, 7) is 6.10. The zero-order valence-electron chi connectivity index (χ0n) is 13.3. The summed E-state index contributed by atoms with van der Waals surface area (Å²) < 4.78 is 5.26. The van der Waals surface area contributed by atoms with Crippen molar-refractivity contribution in [2.75, 3.05) is 27.2 Å². The summed E-state index contributed by atoms with van der Waals surface area (Å²) in [5.74, 6) is 1.38. The van der Waals surface area contributed by atoms with E-state index in [4.69, 9.17) is 16.3 Å². The van der Waals surface area contributed by atoms with E-state index in [1.54, 1.807) is 19.2 Å². The standard InChI is InChI=1S/C16H25ClN2O2/c1-12(2)7-8-19(3)11-16(20)18-10-13-9-14(17)5-6-15(13)21-4/h5-6,9,12H,7-8,10-11H2,1-4H3,(H,18,20). The van der Waals surface area contributed by atoms with Crippen LogP contribution in [0, 0.1) is 5.92 Å². The van der Waals surface area contributed by atoms with Gasteiger partial charge in [0, 0.05) is 17.1 Å². The van der Waals surface area contributed by atoms with Crippen molar-refractivity contribution in [3.63, 3.8) is 0 Å². The van der Waals surface area contributed by atoms with Gasteiger partial charge < -0.3 is 10.1 Å². The van der Waals surface area contributed by atoms with Gasteiger partial charge in [0.25, 0.3) is 0 Å². The second-order valence-corrected chi connectivity index (χ2v) is 6.09. The molecule has 0 atom stereocenters. The van der Waals surface area contributed by atoms with Crippen LogP contribution in [0.1, 0.15) is 25.8 Å². The SMILES string of the molecule is COc1ccc(Cl)cc1CNC(=O)CN(C)CCC(C)C. The first-order valence-corrected chi connectivity index (χ1v) is 7.57. The molecule has 0 aliphatic heterocycles. The molecule has 0 saturated carbocycles. The number of hydrogen-bond acceptors (Lipinski definition) is 3. The quantitative estimate of drug-likeness (QED) is 0.802. The van der Waals surface area contributed by atoms with Crippen molar-refractivity contribution >= 4 is 17.5 Å². The number of carbonyl (C=O) groups is 1. The largest absolute Gasteiger partial charge is 0.496 e. The first kappa shape index (κ1) is 17.8. The third-order valence-electron chi connectivity index (χ3n) is 3.22. The molecule has 0 aliphatic carbocycles. The van der Waals surface area contributed by atoms with Crippen molar-refractivity contribution in [1.82, 2.24) is 10.2 Å². The number of hydrogen-bond donors (Lipinski definition) is 1. The van der Waals surface area contributed by atoms with E-state index in [0.29, 0.717) is 24.0 Å². The Morgan fingerprint density at radius 1 is 1.43 bits per heavy atom. The number of benzene rings is 1. The van der Waals surface area contributed by atoms with E-state index in [1.807, 2.05) is 18.0 Å². The van der Waals surface area contributed by atoms with Crippen LogP contribution in [-0.2, 0) is 11.3 Å². The number of nitrogens with zero attached hydrogens (tertiary/aromatic N) is 1. The van der Waals surface area contributed by atoms with Crippen molar-refractivity contribution in [1.29, 1.82) is 0 Å². The molecule has 0 heterocycles. The fourth-order valence-electron chi connectivity index (χ4n) is 1.94. The highest BCUT2D eigenvalue weighted by molar-refractivity contribution is 6.30. The number of nitrogens with one attached hydrogen (secondary N) is 1. The van der Waals surface area contributed by atoms with E-state index in [0.717, 1.165) is 24.3 Å². The summed E-state index contributed by atoms with van der Waals surface area (Å²) in [7, 11) is 3.57. The minimum Gasteiger partial charge on any atom is -0.496 e. The number of methoxy groups -OCH3 is 1. The molecule has 0 spiro atoms. The van der Waals surface area contributed by atoms with Crippen LogP contribution in [0.3, 0.4) is 0 Å². The van der Waals surface area contributed by atoms with Crippen LogP contribution in [0.5, 0.6) is 5.75 Å². The fourth-order valence-corrected chi connectivity index (χ4v) is 2.13. The smallest absolute Gasteiger partial charge is 0.234 e.